The van der Waals surface area contributed by atoms with Gasteiger partial charge >= 0.3 is 6.03 Å². The molecule has 27 heavy (non-hydrogen) atoms. The minimum atomic E-state index is -0.625. The summed E-state index contributed by atoms with van der Waals surface area (Å²) in [5.41, 5.74) is 1.13. The Balaban J connectivity index is 1.85. The molecule has 2 atom stereocenters. The van der Waals surface area contributed by atoms with Gasteiger partial charge in [-0.15, -0.1) is 0 Å². The number of benzene rings is 1. The summed E-state index contributed by atoms with van der Waals surface area (Å²) in [5, 5.41) is 15.5. The molecule has 3 amide bonds. The van der Waals surface area contributed by atoms with Gasteiger partial charge in [0, 0.05) is 11.7 Å². The number of anilines is 1. The summed E-state index contributed by atoms with van der Waals surface area (Å²) >= 11 is 0. The maximum absolute atomic E-state index is 13.7. The highest BCUT2D eigenvalue weighted by Crippen LogP contribution is 2.28. The van der Waals surface area contributed by atoms with Crippen LogP contribution < -0.4 is 10.6 Å². The van der Waals surface area contributed by atoms with Crippen LogP contribution in [0.25, 0.3) is 0 Å². The largest absolute Gasteiger partial charge is 0.393 e. The number of hydrogen-bond acceptors (Lipinski definition) is 3. The number of halogens is 1. The molecule has 2 aliphatic rings. The molecule has 0 radical (unpaired) electrons. The third-order valence-corrected chi connectivity index (χ3v) is 5.74. The highest BCUT2D eigenvalue weighted by Gasteiger charge is 2.37. The first-order chi connectivity index (χ1) is 12.9. The number of rotatable bonds is 3. The number of amides is 3. The van der Waals surface area contributed by atoms with Gasteiger partial charge in [-0.25, -0.2) is 9.18 Å². The standard InChI is InChI=1S/C20H28FN3O3/c1-3-12(2)18-19(26)23-17-9-4-14(21)10-13(17)11-24(18)20(27)22-15-5-7-16(25)8-6-15/h4,9-10,12,15-16,18,25H,3,5-8,11H2,1-2H3,(H,22,27)(H,23,26)/t12-,15-,16-,18-/m0/s1. The Labute approximate surface area is 159 Å². The number of aliphatic hydroxyl groups is 1. The van der Waals surface area contributed by atoms with Gasteiger partial charge in [-0.2, -0.15) is 0 Å². The fraction of sp³-hybridized carbons (Fsp3) is 0.600. The SMILES string of the molecule is CC[C@H](C)[C@H]1C(=O)Nc2ccc(F)cc2CN1C(=O)N[C@H]1CC[C@H](O)CC1. The second-order valence-electron chi connectivity index (χ2n) is 7.70. The van der Waals surface area contributed by atoms with Crippen LogP contribution >= 0.6 is 0 Å². The van der Waals surface area contributed by atoms with Crippen LogP contribution in [0.4, 0.5) is 14.9 Å². The van der Waals surface area contributed by atoms with Gasteiger partial charge in [-0.05, 0) is 55.4 Å². The van der Waals surface area contributed by atoms with Gasteiger partial charge in [-0.3, -0.25) is 4.79 Å². The Morgan fingerprint density at radius 1 is 1.37 bits per heavy atom. The Kier molecular flexibility index (Phi) is 5.99. The van der Waals surface area contributed by atoms with Crippen molar-refractivity contribution >= 4 is 17.6 Å². The molecule has 0 saturated heterocycles. The van der Waals surface area contributed by atoms with Crippen molar-refractivity contribution in [2.45, 2.75) is 70.7 Å². The highest BCUT2D eigenvalue weighted by atomic mass is 19.1. The topological polar surface area (TPSA) is 81.7 Å². The van der Waals surface area contributed by atoms with E-state index in [1.54, 1.807) is 6.07 Å². The van der Waals surface area contributed by atoms with E-state index in [-0.39, 0.29) is 36.5 Å². The monoisotopic (exact) mass is 377 g/mol. The number of urea groups is 1. The van der Waals surface area contributed by atoms with Crippen molar-refractivity contribution in [1.82, 2.24) is 10.2 Å². The van der Waals surface area contributed by atoms with Crippen LogP contribution in [-0.2, 0) is 11.3 Å². The second-order valence-corrected chi connectivity index (χ2v) is 7.70. The van der Waals surface area contributed by atoms with Crippen molar-refractivity contribution in [3.63, 3.8) is 0 Å². The fourth-order valence-corrected chi connectivity index (χ4v) is 3.91. The van der Waals surface area contributed by atoms with E-state index in [4.69, 9.17) is 0 Å². The van der Waals surface area contributed by atoms with Crippen LogP contribution in [0.3, 0.4) is 0 Å². The number of nitrogens with zero attached hydrogens (tertiary/aromatic N) is 1. The summed E-state index contributed by atoms with van der Waals surface area (Å²) in [4.78, 5) is 27.4. The van der Waals surface area contributed by atoms with Gasteiger partial charge in [0.25, 0.3) is 0 Å². The molecule has 1 aromatic carbocycles. The fourth-order valence-electron chi connectivity index (χ4n) is 3.91. The van der Waals surface area contributed by atoms with Crippen LogP contribution in [0.5, 0.6) is 0 Å². The molecule has 0 bridgehead atoms. The summed E-state index contributed by atoms with van der Waals surface area (Å²) in [6, 6.07) is 3.26. The van der Waals surface area contributed by atoms with Crippen LogP contribution in [-0.4, -0.2) is 40.1 Å². The first kappa shape index (κ1) is 19.6. The van der Waals surface area contributed by atoms with Gasteiger partial charge < -0.3 is 20.6 Å². The van der Waals surface area contributed by atoms with Crippen LogP contribution in [0.2, 0.25) is 0 Å². The number of fused-ring (bicyclic) bond motifs is 1. The lowest BCUT2D eigenvalue weighted by molar-refractivity contribution is -0.121. The summed E-state index contributed by atoms with van der Waals surface area (Å²) in [6.45, 7) is 4.09. The Morgan fingerprint density at radius 2 is 2.07 bits per heavy atom. The van der Waals surface area contributed by atoms with E-state index in [0.717, 1.165) is 6.42 Å². The Hall–Kier alpha value is -2.15. The summed E-state index contributed by atoms with van der Waals surface area (Å²) in [5.74, 6) is -0.682. The van der Waals surface area contributed by atoms with E-state index in [9.17, 15) is 19.1 Å². The number of aliphatic hydroxyl groups excluding tert-OH is 1. The van der Waals surface area contributed by atoms with Crippen molar-refractivity contribution in [3.8, 4) is 0 Å². The van der Waals surface area contributed by atoms with Crippen molar-refractivity contribution in [2.24, 2.45) is 5.92 Å². The first-order valence-electron chi connectivity index (χ1n) is 9.73. The third kappa shape index (κ3) is 4.40. The number of carbonyl (C=O) groups is 2. The summed E-state index contributed by atoms with van der Waals surface area (Å²) < 4.78 is 13.7. The van der Waals surface area contributed by atoms with E-state index in [1.807, 2.05) is 13.8 Å². The molecule has 1 aliphatic carbocycles. The van der Waals surface area contributed by atoms with E-state index in [2.05, 4.69) is 10.6 Å². The van der Waals surface area contributed by atoms with E-state index in [1.165, 1.54) is 17.0 Å². The molecule has 1 aliphatic heterocycles. The van der Waals surface area contributed by atoms with Crippen LogP contribution in [0.15, 0.2) is 18.2 Å². The normalized spacial score (nSPS) is 26.6. The zero-order valence-electron chi connectivity index (χ0n) is 15.9. The van der Waals surface area contributed by atoms with Gasteiger partial charge in [0.05, 0.1) is 12.6 Å². The molecular weight excluding hydrogens is 349 g/mol. The van der Waals surface area contributed by atoms with Crippen molar-refractivity contribution < 1.29 is 19.1 Å². The average molecular weight is 377 g/mol. The molecule has 1 aromatic rings. The van der Waals surface area contributed by atoms with Gasteiger partial charge in [0.15, 0.2) is 0 Å². The number of nitrogens with one attached hydrogen (secondary N) is 2. The first-order valence-corrected chi connectivity index (χ1v) is 9.73. The molecule has 1 saturated carbocycles. The van der Waals surface area contributed by atoms with Crippen molar-refractivity contribution in [2.75, 3.05) is 5.32 Å². The van der Waals surface area contributed by atoms with Gasteiger partial charge in [-0.1, -0.05) is 20.3 Å². The van der Waals surface area contributed by atoms with Crippen molar-refractivity contribution in [1.29, 1.82) is 0 Å². The van der Waals surface area contributed by atoms with E-state index >= 15 is 0 Å². The zero-order valence-corrected chi connectivity index (χ0v) is 15.9. The molecule has 3 rings (SSSR count). The average Bonchev–Trinajstić information content (AvgIpc) is 2.78. The molecule has 0 spiro atoms. The quantitative estimate of drug-likeness (QED) is 0.757. The highest BCUT2D eigenvalue weighted by molar-refractivity contribution is 5.98. The van der Waals surface area contributed by atoms with Crippen molar-refractivity contribution in [3.05, 3.63) is 29.6 Å². The molecule has 148 valence electrons. The third-order valence-electron chi connectivity index (χ3n) is 5.74. The lowest BCUT2D eigenvalue weighted by Crippen LogP contribution is -2.54. The zero-order chi connectivity index (χ0) is 19.6. The Bertz CT molecular complexity index is 704. The molecule has 6 nitrogen and oxygen atoms in total. The molecule has 7 heteroatoms. The van der Waals surface area contributed by atoms with E-state index < -0.39 is 11.9 Å². The second kappa shape index (κ2) is 8.25. The van der Waals surface area contributed by atoms with Crippen LogP contribution in [0, 0.1) is 11.7 Å². The summed E-state index contributed by atoms with van der Waals surface area (Å²) in [7, 11) is 0. The molecule has 1 heterocycles. The maximum Gasteiger partial charge on any atom is 0.318 e. The number of hydrogen-bond donors (Lipinski definition) is 3. The minimum absolute atomic E-state index is 0.0169. The Morgan fingerprint density at radius 3 is 2.74 bits per heavy atom. The van der Waals surface area contributed by atoms with Crippen LogP contribution in [0.1, 0.15) is 51.5 Å². The smallest absolute Gasteiger partial charge is 0.318 e. The molecule has 0 unspecified atom stereocenters. The summed E-state index contributed by atoms with van der Waals surface area (Å²) in [6.07, 6.45) is 3.19. The molecule has 0 aromatic heterocycles. The predicted molar refractivity (Wildman–Crippen MR) is 101 cm³/mol. The van der Waals surface area contributed by atoms with Gasteiger partial charge in [0.1, 0.15) is 11.9 Å². The minimum Gasteiger partial charge on any atom is -0.393 e. The molecule has 1 fully saturated rings. The molecule has 3 N–H and O–H groups in total. The number of carbonyl (C=O) groups excluding carboxylic acids is 2. The lowest BCUT2D eigenvalue weighted by Gasteiger charge is -2.35. The molecular formula is C20H28FN3O3. The predicted octanol–water partition coefficient (Wildman–Crippen LogP) is 3.01. The van der Waals surface area contributed by atoms with Gasteiger partial charge in [0.2, 0.25) is 5.91 Å². The maximum atomic E-state index is 13.7. The lowest BCUT2D eigenvalue weighted by atomic mass is 9.93. The van der Waals surface area contributed by atoms with E-state index in [0.29, 0.717) is 36.9 Å².